The van der Waals surface area contributed by atoms with Gasteiger partial charge >= 0.3 is 6.09 Å². The lowest BCUT2D eigenvalue weighted by Gasteiger charge is -2.55. The first kappa shape index (κ1) is 28.0. The first-order chi connectivity index (χ1) is 17.8. The zero-order valence-corrected chi connectivity index (χ0v) is 22.5. The number of aromatic hydroxyl groups is 1. The van der Waals surface area contributed by atoms with Gasteiger partial charge in [0, 0.05) is 17.2 Å². The van der Waals surface area contributed by atoms with E-state index in [0.717, 1.165) is 0 Å². The molecule has 8 atom stereocenters. The van der Waals surface area contributed by atoms with Gasteiger partial charge in [0.15, 0.2) is 11.6 Å². The number of ketones is 2. The number of benzene rings is 1. The van der Waals surface area contributed by atoms with Gasteiger partial charge in [-0.15, -0.1) is 0 Å². The van der Waals surface area contributed by atoms with E-state index in [0.29, 0.717) is 10.9 Å². The van der Waals surface area contributed by atoms with Gasteiger partial charge in [0.1, 0.15) is 23.7 Å². The molecular weight excluding hydrogens is 566 g/mol. The normalized spacial score (nSPS) is 32.4. The highest BCUT2D eigenvalue weighted by atomic mass is 79.9. The highest BCUT2D eigenvalue weighted by Gasteiger charge is 2.63. The summed E-state index contributed by atoms with van der Waals surface area (Å²) >= 11 is 3.13. The summed E-state index contributed by atoms with van der Waals surface area (Å²) < 4.78 is 4.93. The maximum Gasteiger partial charge on any atom is 0.411 e. The summed E-state index contributed by atoms with van der Waals surface area (Å²) in [4.78, 5) is 52.8. The summed E-state index contributed by atoms with van der Waals surface area (Å²) in [5, 5.41) is 47.7. The largest absolute Gasteiger partial charge is 0.510 e. The lowest BCUT2D eigenvalue weighted by molar-refractivity contribution is -0.157. The van der Waals surface area contributed by atoms with E-state index in [4.69, 9.17) is 10.5 Å². The molecule has 0 aliphatic heterocycles. The van der Waals surface area contributed by atoms with Gasteiger partial charge in [0.05, 0.1) is 41.3 Å². The number of aliphatic hydroxyl groups is 3. The van der Waals surface area contributed by atoms with Crippen molar-refractivity contribution < 1.29 is 44.3 Å². The van der Waals surface area contributed by atoms with Gasteiger partial charge in [-0.3, -0.25) is 24.6 Å². The Kier molecular flexibility index (Phi) is 7.58. The van der Waals surface area contributed by atoms with Gasteiger partial charge in [-0.05, 0) is 31.6 Å². The number of nitrogens with one attached hydrogen (secondary N) is 1. The number of phenolic OH excluding ortho intramolecular Hbond substituents is 1. The third-order valence-electron chi connectivity index (χ3n) is 7.98. The molecule has 0 heterocycles. The number of amides is 2. The SMILES string of the molecule is C[C@H]1c2ccc(NC(=O)OCCBr)c(O)c2C(=O)C2C(O)C3C(=O)C(C(N)=O)=C(O)[C@@H](N(C)C)[C@@H]3[C@@H](O)[C@@H]21. The number of aliphatic hydroxyl groups excluding tert-OH is 3. The predicted molar refractivity (Wildman–Crippen MR) is 137 cm³/mol. The van der Waals surface area contributed by atoms with Crippen LogP contribution in [0.15, 0.2) is 23.5 Å². The second kappa shape index (κ2) is 10.3. The molecule has 7 N–H and O–H groups in total. The smallest absolute Gasteiger partial charge is 0.411 e. The number of ether oxygens (including phenoxy) is 1. The Morgan fingerprint density at radius 2 is 1.71 bits per heavy atom. The highest BCUT2D eigenvalue weighted by molar-refractivity contribution is 9.09. The van der Waals surface area contributed by atoms with E-state index < -0.39 is 88.5 Å². The van der Waals surface area contributed by atoms with Crippen molar-refractivity contribution in [3.8, 4) is 5.75 Å². The summed E-state index contributed by atoms with van der Waals surface area (Å²) in [5.41, 5.74) is 4.85. The van der Waals surface area contributed by atoms with Crippen LogP contribution in [0.25, 0.3) is 0 Å². The first-order valence-corrected chi connectivity index (χ1v) is 13.2. The Morgan fingerprint density at radius 3 is 2.29 bits per heavy atom. The molecule has 1 fully saturated rings. The lowest BCUT2D eigenvalue weighted by atomic mass is 9.52. The molecule has 12 nitrogen and oxygen atoms in total. The number of rotatable bonds is 5. The monoisotopic (exact) mass is 595 g/mol. The molecule has 3 unspecified atom stereocenters. The Bertz CT molecular complexity index is 1230. The van der Waals surface area contributed by atoms with Crippen LogP contribution < -0.4 is 11.1 Å². The maximum atomic E-state index is 13.8. The van der Waals surface area contributed by atoms with E-state index in [2.05, 4.69) is 21.2 Å². The van der Waals surface area contributed by atoms with Crippen molar-refractivity contribution in [2.75, 3.05) is 31.3 Å². The van der Waals surface area contributed by atoms with Crippen molar-refractivity contribution in [1.29, 1.82) is 0 Å². The van der Waals surface area contributed by atoms with Crippen molar-refractivity contribution >= 4 is 45.2 Å². The van der Waals surface area contributed by atoms with E-state index in [1.807, 2.05) is 0 Å². The molecule has 0 bridgehead atoms. The molecule has 3 aliphatic rings. The molecule has 2 amide bonds. The lowest BCUT2D eigenvalue weighted by Crippen LogP contribution is -2.66. The van der Waals surface area contributed by atoms with Crippen molar-refractivity contribution in [1.82, 2.24) is 4.90 Å². The van der Waals surface area contributed by atoms with Gasteiger partial charge in [0.25, 0.3) is 5.91 Å². The number of nitrogens with zero attached hydrogens (tertiary/aromatic N) is 1. The fourth-order valence-corrected chi connectivity index (χ4v) is 6.63. The van der Waals surface area contributed by atoms with Crippen LogP contribution in [0.1, 0.15) is 28.8 Å². The van der Waals surface area contributed by atoms with Crippen LogP contribution in [-0.4, -0.2) is 93.2 Å². The molecule has 1 aromatic rings. The molecule has 38 heavy (non-hydrogen) atoms. The number of hydrogen-bond donors (Lipinski definition) is 6. The number of carbonyl (C=O) groups is 4. The second-order valence-electron chi connectivity index (χ2n) is 10.1. The number of carbonyl (C=O) groups excluding carboxylic acids is 4. The summed E-state index contributed by atoms with van der Waals surface area (Å²) in [7, 11) is 3.16. The number of halogens is 1. The van der Waals surface area contributed by atoms with E-state index in [1.165, 1.54) is 17.0 Å². The number of anilines is 1. The van der Waals surface area contributed by atoms with Crippen LogP contribution in [-0.2, 0) is 14.3 Å². The van der Waals surface area contributed by atoms with Crippen molar-refractivity contribution in [3.05, 3.63) is 34.6 Å². The maximum absolute atomic E-state index is 13.8. The fraction of sp³-hybridized carbons (Fsp3) is 0.520. The standard InChI is InChI=1S/C25H30BrN3O9/c1-8-9-4-5-10(28-25(37)38-7-6-26)18(30)12(9)20(32)14-11(8)19(31)13-15(21(14)33)22(34)16(24(27)36)23(35)17(13)29(2)3/h4-5,8,11,13-15,17,19,21,30-31,33,35H,6-7H2,1-3H3,(H2,27,36)(H,28,37)/t8-,11+,13+,14?,15?,17-,19-,21?/m0/s1. The minimum Gasteiger partial charge on any atom is -0.510 e. The number of Topliss-reactive ketones (excluding diaryl/α,β-unsaturated/α-hetero) is 2. The van der Waals surface area contributed by atoms with Crippen LogP contribution in [0.4, 0.5) is 10.5 Å². The molecule has 1 aromatic carbocycles. The van der Waals surface area contributed by atoms with Crippen LogP contribution in [0.5, 0.6) is 5.75 Å². The zero-order chi connectivity index (χ0) is 28.2. The quantitative estimate of drug-likeness (QED) is 0.159. The molecule has 4 rings (SSSR count). The fourth-order valence-electron chi connectivity index (χ4n) is 6.47. The number of likely N-dealkylation sites (N-methyl/N-ethyl adjacent to an activating group) is 1. The number of nitrogens with two attached hydrogens (primary N) is 1. The van der Waals surface area contributed by atoms with E-state index >= 15 is 0 Å². The molecule has 206 valence electrons. The van der Waals surface area contributed by atoms with E-state index in [1.54, 1.807) is 21.0 Å². The first-order valence-electron chi connectivity index (χ1n) is 12.0. The van der Waals surface area contributed by atoms with Gasteiger partial charge in [-0.2, -0.15) is 0 Å². The minimum absolute atomic E-state index is 0.0726. The van der Waals surface area contributed by atoms with Gasteiger partial charge in [0.2, 0.25) is 0 Å². The molecule has 13 heteroatoms. The third-order valence-corrected chi connectivity index (χ3v) is 8.30. The number of fused-ring (bicyclic) bond motifs is 3. The number of alkyl halides is 1. The van der Waals surface area contributed by atoms with Crippen LogP contribution in [0, 0.1) is 23.7 Å². The summed E-state index contributed by atoms with van der Waals surface area (Å²) in [6, 6.07) is 1.92. The average Bonchev–Trinajstić information content (AvgIpc) is 2.83. The number of hydrogen-bond acceptors (Lipinski definition) is 10. The van der Waals surface area contributed by atoms with Crippen LogP contribution in [0.2, 0.25) is 0 Å². The third kappa shape index (κ3) is 4.17. The second-order valence-corrected chi connectivity index (χ2v) is 10.9. The zero-order valence-electron chi connectivity index (χ0n) is 20.9. The Hall–Kier alpha value is -3.00. The van der Waals surface area contributed by atoms with Gasteiger partial charge < -0.3 is 30.9 Å². The van der Waals surface area contributed by atoms with Gasteiger partial charge in [-0.25, -0.2) is 4.79 Å². The molecule has 0 saturated heterocycles. The number of phenols is 1. The molecule has 1 saturated carbocycles. The summed E-state index contributed by atoms with van der Waals surface area (Å²) in [5.74, 6) is -9.24. The summed E-state index contributed by atoms with van der Waals surface area (Å²) in [6.07, 6.45) is -3.86. The van der Waals surface area contributed by atoms with Gasteiger partial charge in [-0.1, -0.05) is 28.9 Å². The Morgan fingerprint density at radius 1 is 1.08 bits per heavy atom. The Labute approximate surface area is 226 Å². The van der Waals surface area contributed by atoms with E-state index in [9.17, 15) is 39.6 Å². The average molecular weight is 596 g/mol. The van der Waals surface area contributed by atoms with Crippen molar-refractivity contribution in [3.63, 3.8) is 0 Å². The summed E-state index contributed by atoms with van der Waals surface area (Å²) in [6.45, 7) is 1.79. The molecule has 0 radical (unpaired) electrons. The molecular formula is C25H30BrN3O9. The van der Waals surface area contributed by atoms with Crippen LogP contribution in [0.3, 0.4) is 0 Å². The number of primary amides is 1. The topological polar surface area (TPSA) is 200 Å². The highest BCUT2D eigenvalue weighted by Crippen LogP contribution is 2.55. The van der Waals surface area contributed by atoms with Crippen LogP contribution >= 0.6 is 15.9 Å². The van der Waals surface area contributed by atoms with Crippen molar-refractivity contribution in [2.24, 2.45) is 29.4 Å². The Balaban J connectivity index is 1.81. The minimum atomic E-state index is -1.66. The molecule has 0 spiro atoms. The molecule has 0 aromatic heterocycles. The van der Waals surface area contributed by atoms with E-state index in [-0.39, 0.29) is 17.9 Å². The predicted octanol–water partition coefficient (Wildman–Crippen LogP) is 0.646. The van der Waals surface area contributed by atoms with Crippen molar-refractivity contribution in [2.45, 2.75) is 31.1 Å². The molecule has 3 aliphatic carbocycles.